The fourth-order valence-corrected chi connectivity index (χ4v) is 3.99. The highest BCUT2D eigenvalue weighted by Crippen LogP contribution is 2.22. The number of nitrogens with one attached hydrogen (secondary N) is 3. The molecule has 0 spiro atoms. The summed E-state index contributed by atoms with van der Waals surface area (Å²) in [6.07, 6.45) is 9.30. The standard InChI is InChI=1S/C19H24N4O2/c24-18(14-11-12-5-1-3-7-15(12)21-19(14)25)20-10-9-17-13-6-2-4-8-16(13)22-23-17/h11H,1-10H2,(H,20,24)(H,21,25)(H,22,23). The summed E-state index contributed by atoms with van der Waals surface area (Å²) in [5.41, 5.74) is 5.67. The molecule has 2 heterocycles. The molecule has 2 aliphatic rings. The molecule has 3 N–H and O–H groups in total. The molecular formula is C19H24N4O2. The third-order valence-corrected chi connectivity index (χ3v) is 5.37. The van der Waals surface area contributed by atoms with Gasteiger partial charge in [-0.15, -0.1) is 0 Å². The van der Waals surface area contributed by atoms with Crippen LogP contribution >= 0.6 is 0 Å². The van der Waals surface area contributed by atoms with E-state index in [4.69, 9.17) is 0 Å². The van der Waals surface area contributed by atoms with E-state index in [1.54, 1.807) is 6.07 Å². The van der Waals surface area contributed by atoms with Crippen molar-refractivity contribution in [1.29, 1.82) is 0 Å². The fraction of sp³-hybridized carbons (Fsp3) is 0.526. The van der Waals surface area contributed by atoms with Gasteiger partial charge in [0.05, 0.1) is 5.69 Å². The number of aromatic amines is 2. The average molecular weight is 340 g/mol. The lowest BCUT2D eigenvalue weighted by Gasteiger charge is -2.16. The maximum Gasteiger partial charge on any atom is 0.261 e. The van der Waals surface area contributed by atoms with Crippen LogP contribution < -0.4 is 10.9 Å². The summed E-state index contributed by atoms with van der Waals surface area (Å²) in [4.78, 5) is 27.5. The van der Waals surface area contributed by atoms with Crippen LogP contribution in [-0.4, -0.2) is 27.6 Å². The van der Waals surface area contributed by atoms with Crippen molar-refractivity contribution in [1.82, 2.24) is 20.5 Å². The molecule has 25 heavy (non-hydrogen) atoms. The van der Waals surface area contributed by atoms with Gasteiger partial charge in [0, 0.05) is 24.4 Å². The predicted octanol–water partition coefficient (Wildman–Crippen LogP) is 1.83. The van der Waals surface area contributed by atoms with Gasteiger partial charge in [0.1, 0.15) is 5.56 Å². The number of nitrogens with zero attached hydrogens (tertiary/aromatic N) is 1. The number of amides is 1. The van der Waals surface area contributed by atoms with Crippen LogP contribution in [0.2, 0.25) is 0 Å². The molecule has 0 unspecified atom stereocenters. The van der Waals surface area contributed by atoms with Crippen LogP contribution in [0.1, 0.15) is 64.2 Å². The van der Waals surface area contributed by atoms with Crippen molar-refractivity contribution in [3.63, 3.8) is 0 Å². The van der Waals surface area contributed by atoms with Gasteiger partial charge in [-0.1, -0.05) is 0 Å². The molecule has 6 nitrogen and oxygen atoms in total. The van der Waals surface area contributed by atoms with Crippen molar-refractivity contribution in [3.05, 3.63) is 50.2 Å². The third kappa shape index (κ3) is 3.25. The van der Waals surface area contributed by atoms with E-state index in [1.807, 2.05) is 0 Å². The first-order chi connectivity index (χ1) is 12.2. The minimum atomic E-state index is -0.293. The van der Waals surface area contributed by atoms with Crippen LogP contribution in [-0.2, 0) is 32.1 Å². The first kappa shape index (κ1) is 16.1. The highest BCUT2D eigenvalue weighted by molar-refractivity contribution is 5.94. The van der Waals surface area contributed by atoms with E-state index in [-0.39, 0.29) is 17.0 Å². The minimum Gasteiger partial charge on any atom is -0.351 e. The Labute approximate surface area is 146 Å². The second kappa shape index (κ2) is 6.86. The van der Waals surface area contributed by atoms with Crippen LogP contribution in [0.25, 0.3) is 0 Å². The summed E-state index contributed by atoms with van der Waals surface area (Å²) >= 11 is 0. The summed E-state index contributed by atoms with van der Waals surface area (Å²) in [5.74, 6) is -0.293. The van der Waals surface area contributed by atoms with Gasteiger partial charge in [-0.25, -0.2) is 0 Å². The van der Waals surface area contributed by atoms with Gasteiger partial charge >= 0.3 is 0 Å². The van der Waals surface area contributed by atoms with Crippen molar-refractivity contribution in [2.45, 2.75) is 57.8 Å². The van der Waals surface area contributed by atoms with Crippen LogP contribution in [0.5, 0.6) is 0 Å². The summed E-state index contributed by atoms with van der Waals surface area (Å²) in [6.45, 7) is 0.493. The lowest BCUT2D eigenvalue weighted by Crippen LogP contribution is -2.32. The van der Waals surface area contributed by atoms with Crippen molar-refractivity contribution >= 4 is 5.91 Å². The summed E-state index contributed by atoms with van der Waals surface area (Å²) in [5, 5.41) is 10.4. The lowest BCUT2D eigenvalue weighted by atomic mass is 9.94. The van der Waals surface area contributed by atoms with Crippen LogP contribution in [0.15, 0.2) is 10.9 Å². The summed E-state index contributed by atoms with van der Waals surface area (Å²) < 4.78 is 0. The number of carbonyl (C=O) groups excluding carboxylic acids is 1. The Morgan fingerprint density at radius 2 is 1.84 bits per heavy atom. The predicted molar refractivity (Wildman–Crippen MR) is 95.0 cm³/mol. The molecule has 0 radical (unpaired) electrons. The molecule has 0 saturated heterocycles. The number of pyridine rings is 1. The lowest BCUT2D eigenvalue weighted by molar-refractivity contribution is 0.0952. The largest absolute Gasteiger partial charge is 0.351 e. The normalized spacial score (nSPS) is 16.2. The molecule has 2 aromatic rings. The Hall–Kier alpha value is -2.37. The minimum absolute atomic E-state index is 0.227. The van der Waals surface area contributed by atoms with E-state index >= 15 is 0 Å². The fourth-order valence-electron chi connectivity index (χ4n) is 3.99. The molecule has 0 saturated carbocycles. The number of aryl methyl sites for hydroxylation is 3. The van der Waals surface area contributed by atoms with E-state index in [2.05, 4.69) is 20.5 Å². The zero-order chi connectivity index (χ0) is 17.2. The second-order valence-electron chi connectivity index (χ2n) is 7.06. The molecule has 1 amide bonds. The number of fused-ring (bicyclic) bond motifs is 2. The average Bonchev–Trinajstić information content (AvgIpc) is 3.04. The molecule has 2 aliphatic carbocycles. The van der Waals surface area contributed by atoms with E-state index in [0.717, 1.165) is 55.5 Å². The number of hydrogen-bond donors (Lipinski definition) is 3. The Kier molecular flexibility index (Phi) is 4.42. The van der Waals surface area contributed by atoms with E-state index in [9.17, 15) is 9.59 Å². The maximum atomic E-state index is 12.4. The molecular weight excluding hydrogens is 316 g/mol. The van der Waals surface area contributed by atoms with Crippen LogP contribution in [0, 0.1) is 0 Å². The van der Waals surface area contributed by atoms with Gasteiger partial charge in [-0.2, -0.15) is 5.10 Å². The molecule has 0 aromatic carbocycles. The van der Waals surface area contributed by atoms with Gasteiger partial charge < -0.3 is 10.3 Å². The maximum absolute atomic E-state index is 12.4. The number of rotatable bonds is 4. The van der Waals surface area contributed by atoms with Crippen molar-refractivity contribution in [3.8, 4) is 0 Å². The molecule has 0 atom stereocenters. The SMILES string of the molecule is O=C(NCCc1n[nH]c2c1CCCC2)c1cc2c([nH]c1=O)CCCC2. The van der Waals surface area contributed by atoms with Gasteiger partial charge in [0.15, 0.2) is 0 Å². The Morgan fingerprint density at radius 1 is 1.08 bits per heavy atom. The molecule has 0 aliphatic heterocycles. The first-order valence-electron chi connectivity index (χ1n) is 9.30. The molecule has 0 fully saturated rings. The summed E-state index contributed by atoms with van der Waals surface area (Å²) in [7, 11) is 0. The zero-order valence-electron chi connectivity index (χ0n) is 14.4. The molecule has 2 aromatic heterocycles. The zero-order valence-corrected chi connectivity index (χ0v) is 14.4. The van der Waals surface area contributed by atoms with Crippen LogP contribution in [0.4, 0.5) is 0 Å². The van der Waals surface area contributed by atoms with Crippen molar-refractivity contribution in [2.24, 2.45) is 0 Å². The Bertz CT molecular complexity index is 850. The molecule has 6 heteroatoms. The number of carbonyl (C=O) groups is 1. The summed E-state index contributed by atoms with van der Waals surface area (Å²) in [6, 6.07) is 1.78. The highest BCUT2D eigenvalue weighted by atomic mass is 16.2. The Morgan fingerprint density at radius 3 is 2.72 bits per heavy atom. The smallest absolute Gasteiger partial charge is 0.261 e. The molecule has 4 rings (SSSR count). The van der Waals surface area contributed by atoms with E-state index in [1.165, 1.54) is 24.1 Å². The van der Waals surface area contributed by atoms with Crippen LogP contribution in [0.3, 0.4) is 0 Å². The quantitative estimate of drug-likeness (QED) is 0.793. The van der Waals surface area contributed by atoms with E-state index in [0.29, 0.717) is 13.0 Å². The molecule has 132 valence electrons. The van der Waals surface area contributed by atoms with Gasteiger partial charge in [-0.3, -0.25) is 14.7 Å². The second-order valence-corrected chi connectivity index (χ2v) is 7.06. The molecule has 0 bridgehead atoms. The first-order valence-corrected chi connectivity index (χ1v) is 9.30. The van der Waals surface area contributed by atoms with Crippen molar-refractivity contribution < 1.29 is 4.79 Å². The topological polar surface area (TPSA) is 90.6 Å². The van der Waals surface area contributed by atoms with E-state index < -0.39 is 0 Å². The number of H-pyrrole nitrogens is 2. The highest BCUT2D eigenvalue weighted by Gasteiger charge is 2.18. The van der Waals surface area contributed by atoms with Gasteiger partial charge in [0.25, 0.3) is 11.5 Å². The van der Waals surface area contributed by atoms with Gasteiger partial charge in [-0.05, 0) is 68.6 Å². The number of aromatic nitrogens is 3. The Balaban J connectivity index is 1.41. The van der Waals surface area contributed by atoms with Crippen molar-refractivity contribution in [2.75, 3.05) is 6.54 Å². The number of hydrogen-bond acceptors (Lipinski definition) is 3. The third-order valence-electron chi connectivity index (χ3n) is 5.37. The van der Waals surface area contributed by atoms with Gasteiger partial charge in [0.2, 0.25) is 0 Å². The monoisotopic (exact) mass is 340 g/mol.